The van der Waals surface area contributed by atoms with E-state index in [0.29, 0.717) is 17.2 Å². The molecule has 0 spiro atoms. The lowest BCUT2D eigenvalue weighted by atomic mass is 10.2. The van der Waals surface area contributed by atoms with E-state index >= 15 is 0 Å². The molecular weight excluding hydrogens is 524 g/mol. The number of carbonyl (C=O) groups excluding carboxylic acids is 1. The van der Waals surface area contributed by atoms with Crippen LogP contribution in [0.3, 0.4) is 0 Å². The zero-order chi connectivity index (χ0) is 28.4. The summed E-state index contributed by atoms with van der Waals surface area (Å²) in [4.78, 5) is 12.9. The molecule has 11 heteroatoms. The molecule has 1 amide bonds. The van der Waals surface area contributed by atoms with Crippen LogP contribution in [0.4, 0.5) is 5.69 Å². The van der Waals surface area contributed by atoms with Gasteiger partial charge in [-0.3, -0.25) is 9.10 Å². The number of hydrogen-bond donors (Lipinski definition) is 1. The zero-order valence-corrected chi connectivity index (χ0v) is 23.5. The molecule has 3 rings (SSSR count). The van der Waals surface area contributed by atoms with Crippen LogP contribution in [0.1, 0.15) is 12.5 Å². The Morgan fingerprint density at radius 3 is 2.05 bits per heavy atom. The Hall–Kier alpha value is -4.12. The maximum Gasteiger partial charge on any atom is 0.265 e. The lowest BCUT2D eigenvalue weighted by Gasteiger charge is -2.26. The van der Waals surface area contributed by atoms with Crippen molar-refractivity contribution in [2.24, 2.45) is 0 Å². The summed E-state index contributed by atoms with van der Waals surface area (Å²) in [7, 11) is 1.46. The lowest BCUT2D eigenvalue weighted by molar-refractivity contribution is -0.119. The van der Waals surface area contributed by atoms with Crippen LogP contribution in [0, 0.1) is 0 Å². The average Bonchev–Trinajstić information content (AvgIpc) is 2.97. The van der Waals surface area contributed by atoms with Crippen LogP contribution in [0.2, 0.25) is 0 Å². The van der Waals surface area contributed by atoms with Gasteiger partial charge in [0.1, 0.15) is 30.4 Å². The molecule has 0 bridgehead atoms. The summed E-state index contributed by atoms with van der Waals surface area (Å²) in [6.07, 6.45) is 0.928. The minimum absolute atomic E-state index is 0.100. The van der Waals surface area contributed by atoms with Crippen molar-refractivity contribution < 1.29 is 36.9 Å². The number of nitrogens with zero attached hydrogens (tertiary/aromatic N) is 1. The molecule has 39 heavy (non-hydrogen) atoms. The molecule has 210 valence electrons. The first-order valence-corrected chi connectivity index (χ1v) is 13.7. The predicted molar refractivity (Wildman–Crippen MR) is 148 cm³/mol. The van der Waals surface area contributed by atoms with E-state index in [4.69, 9.17) is 23.7 Å². The summed E-state index contributed by atoms with van der Waals surface area (Å²) in [6, 6.07) is 16.6. The third-order valence-electron chi connectivity index (χ3n) is 5.91. The normalized spacial score (nSPS) is 10.9. The van der Waals surface area contributed by atoms with Crippen molar-refractivity contribution in [3.63, 3.8) is 0 Å². The second-order valence-corrected chi connectivity index (χ2v) is 10.1. The monoisotopic (exact) mass is 558 g/mol. The topological polar surface area (TPSA) is 113 Å². The van der Waals surface area contributed by atoms with E-state index in [2.05, 4.69) is 12.2 Å². The van der Waals surface area contributed by atoms with Gasteiger partial charge in [-0.25, -0.2) is 8.42 Å². The molecular formula is C28H34N2O8S. The Kier molecular flexibility index (Phi) is 10.3. The summed E-state index contributed by atoms with van der Waals surface area (Å²) in [5.41, 5.74) is 1.33. The molecule has 0 aromatic heterocycles. The molecule has 0 saturated carbocycles. The Balaban J connectivity index is 1.85. The number of benzene rings is 3. The van der Waals surface area contributed by atoms with Crippen LogP contribution in [-0.2, 0) is 21.2 Å². The second kappa shape index (κ2) is 13.6. The van der Waals surface area contributed by atoms with E-state index in [9.17, 15) is 13.2 Å². The largest absolute Gasteiger partial charge is 0.497 e. The maximum atomic E-state index is 13.9. The Morgan fingerprint density at radius 2 is 1.44 bits per heavy atom. The Morgan fingerprint density at radius 1 is 0.795 bits per heavy atom. The summed E-state index contributed by atoms with van der Waals surface area (Å²) in [5.74, 6) is 1.37. The summed E-state index contributed by atoms with van der Waals surface area (Å²) < 4.78 is 55.7. The fourth-order valence-corrected chi connectivity index (χ4v) is 5.20. The quantitative estimate of drug-likeness (QED) is 0.298. The molecule has 0 unspecified atom stereocenters. The number of amides is 1. The smallest absolute Gasteiger partial charge is 0.265 e. The molecule has 0 fully saturated rings. The number of carbonyl (C=O) groups is 1. The van der Waals surface area contributed by atoms with Gasteiger partial charge in [0.25, 0.3) is 10.0 Å². The molecule has 0 aliphatic carbocycles. The van der Waals surface area contributed by atoms with Gasteiger partial charge >= 0.3 is 0 Å². The predicted octanol–water partition coefficient (Wildman–Crippen LogP) is 3.67. The van der Waals surface area contributed by atoms with Crippen LogP contribution in [0.15, 0.2) is 65.6 Å². The number of rotatable bonds is 14. The van der Waals surface area contributed by atoms with Gasteiger partial charge in [0.15, 0.2) is 11.5 Å². The summed E-state index contributed by atoms with van der Waals surface area (Å²) >= 11 is 0. The van der Waals surface area contributed by atoms with E-state index in [1.807, 2.05) is 24.3 Å². The van der Waals surface area contributed by atoms with E-state index in [0.717, 1.165) is 10.7 Å². The molecule has 0 saturated heterocycles. The molecule has 0 heterocycles. The first-order chi connectivity index (χ1) is 18.8. The van der Waals surface area contributed by atoms with Crippen molar-refractivity contribution >= 4 is 21.6 Å². The minimum atomic E-state index is -4.27. The number of anilines is 1. The first kappa shape index (κ1) is 29.4. The van der Waals surface area contributed by atoms with Crippen LogP contribution in [0.25, 0.3) is 0 Å². The van der Waals surface area contributed by atoms with Gasteiger partial charge in [0.05, 0.1) is 45.6 Å². The Labute approximate surface area is 229 Å². The highest BCUT2D eigenvalue weighted by atomic mass is 32.2. The molecule has 0 aliphatic rings. The van der Waals surface area contributed by atoms with Crippen molar-refractivity contribution in [2.75, 3.05) is 52.4 Å². The fourth-order valence-electron chi connectivity index (χ4n) is 3.76. The average molecular weight is 559 g/mol. The first-order valence-electron chi connectivity index (χ1n) is 12.2. The highest BCUT2D eigenvalue weighted by Gasteiger charge is 2.31. The number of nitrogens with one attached hydrogen (secondary N) is 1. The van der Waals surface area contributed by atoms with Crippen LogP contribution < -0.4 is 33.3 Å². The van der Waals surface area contributed by atoms with Crippen LogP contribution >= 0.6 is 0 Å². The number of aryl methyl sites for hydroxylation is 1. The maximum absolute atomic E-state index is 13.9. The van der Waals surface area contributed by atoms with E-state index < -0.39 is 22.5 Å². The molecule has 0 atom stereocenters. The number of sulfonamides is 1. The SMILES string of the molecule is CCc1ccc(OCCNC(=O)CN(c2cc(OC)ccc2OC)S(=O)(=O)c2ccc(OC)c(OC)c2)cc1. The van der Waals surface area contributed by atoms with Gasteiger partial charge in [-0.2, -0.15) is 0 Å². The van der Waals surface area contributed by atoms with Crippen LogP contribution in [0.5, 0.6) is 28.7 Å². The van der Waals surface area contributed by atoms with Gasteiger partial charge in [0, 0.05) is 12.1 Å². The van der Waals surface area contributed by atoms with Crippen molar-refractivity contribution in [3.05, 3.63) is 66.2 Å². The van der Waals surface area contributed by atoms with Gasteiger partial charge < -0.3 is 29.0 Å². The number of hydrogen-bond acceptors (Lipinski definition) is 8. The highest BCUT2D eigenvalue weighted by Crippen LogP contribution is 2.37. The van der Waals surface area contributed by atoms with Gasteiger partial charge in [0.2, 0.25) is 5.91 Å². The van der Waals surface area contributed by atoms with Gasteiger partial charge in [-0.05, 0) is 48.4 Å². The molecule has 1 N–H and O–H groups in total. The van der Waals surface area contributed by atoms with Crippen molar-refractivity contribution in [3.8, 4) is 28.7 Å². The second-order valence-electron chi connectivity index (χ2n) is 8.26. The Bertz CT molecular complexity index is 1360. The van der Waals surface area contributed by atoms with Gasteiger partial charge in [-0.15, -0.1) is 0 Å². The molecule has 3 aromatic carbocycles. The third kappa shape index (κ3) is 7.26. The highest BCUT2D eigenvalue weighted by molar-refractivity contribution is 7.92. The molecule has 0 radical (unpaired) electrons. The number of methoxy groups -OCH3 is 4. The van der Waals surface area contributed by atoms with E-state index in [-0.39, 0.29) is 35.2 Å². The van der Waals surface area contributed by atoms with Gasteiger partial charge in [-0.1, -0.05) is 19.1 Å². The van der Waals surface area contributed by atoms with E-state index in [1.165, 1.54) is 58.3 Å². The third-order valence-corrected chi connectivity index (χ3v) is 7.67. The summed E-state index contributed by atoms with van der Waals surface area (Å²) in [5, 5.41) is 2.72. The lowest BCUT2D eigenvalue weighted by Crippen LogP contribution is -2.42. The number of ether oxygens (including phenoxy) is 5. The zero-order valence-electron chi connectivity index (χ0n) is 22.7. The standard InChI is InChI=1S/C28H34N2O8S/c1-6-20-7-9-21(10-8-20)38-16-15-29-28(31)19-30(24-17-22(34-2)11-13-25(24)35-3)39(32,33)23-12-14-26(36-4)27(18-23)37-5/h7-14,17-18H,6,15-16,19H2,1-5H3,(H,29,31). The van der Waals surface area contributed by atoms with Crippen molar-refractivity contribution in [1.29, 1.82) is 0 Å². The fraction of sp³-hybridized carbons (Fsp3) is 0.321. The van der Waals surface area contributed by atoms with Crippen molar-refractivity contribution in [2.45, 2.75) is 18.2 Å². The molecule has 10 nitrogen and oxygen atoms in total. The summed E-state index contributed by atoms with van der Waals surface area (Å²) in [6.45, 7) is 1.93. The minimum Gasteiger partial charge on any atom is -0.497 e. The van der Waals surface area contributed by atoms with E-state index in [1.54, 1.807) is 12.1 Å². The molecule has 3 aromatic rings. The molecule has 0 aliphatic heterocycles. The van der Waals surface area contributed by atoms with Crippen LogP contribution in [-0.4, -0.2) is 62.5 Å². The van der Waals surface area contributed by atoms with Crippen molar-refractivity contribution in [1.82, 2.24) is 5.32 Å².